The predicted octanol–water partition coefficient (Wildman–Crippen LogP) is 3.20. The lowest BCUT2D eigenvalue weighted by atomic mass is 9.97. The van der Waals surface area contributed by atoms with Crippen LogP contribution in [0.15, 0.2) is 29.2 Å². The molecule has 1 atom stereocenters. The van der Waals surface area contributed by atoms with E-state index >= 15 is 0 Å². The first-order chi connectivity index (χ1) is 16.8. The molecule has 1 aliphatic heterocycles. The van der Waals surface area contributed by atoms with E-state index in [4.69, 9.17) is 4.74 Å². The monoisotopic (exact) mass is 524 g/mol. The highest BCUT2D eigenvalue weighted by Crippen LogP contribution is 2.24. The molecule has 1 aliphatic carbocycles. The zero-order valence-electron chi connectivity index (χ0n) is 20.4. The number of benzene rings is 1. The van der Waals surface area contributed by atoms with Gasteiger partial charge in [-0.05, 0) is 38.3 Å². The Labute approximate surface area is 212 Å². The first-order valence-electron chi connectivity index (χ1n) is 12.5. The smallest absolute Gasteiger partial charge is 0.339 e. The minimum atomic E-state index is -3.13. The minimum Gasteiger partial charge on any atom is -0.452 e. The van der Waals surface area contributed by atoms with Crippen LogP contribution in [0.1, 0.15) is 68.6 Å². The summed E-state index contributed by atoms with van der Waals surface area (Å²) in [5.41, 5.74) is 0.301. The van der Waals surface area contributed by atoms with E-state index in [-0.39, 0.29) is 35.2 Å². The summed E-state index contributed by atoms with van der Waals surface area (Å²) in [6.45, 7) is 1.67. The Morgan fingerprint density at radius 3 is 2.40 bits per heavy atom. The molecule has 0 aromatic heterocycles. The molecule has 0 bridgehead atoms. The van der Waals surface area contributed by atoms with Gasteiger partial charge in [0.05, 0.1) is 22.8 Å². The van der Waals surface area contributed by atoms with Crippen LogP contribution in [0.2, 0.25) is 0 Å². The molecule has 8 nitrogen and oxygen atoms in total. The number of ether oxygens (including phenoxy) is 1. The molecule has 1 aromatic rings. The fourth-order valence-electron chi connectivity index (χ4n) is 4.72. The van der Waals surface area contributed by atoms with E-state index in [0.29, 0.717) is 23.4 Å². The molecule has 1 saturated heterocycles. The van der Waals surface area contributed by atoms with Crippen LogP contribution in [0.4, 0.5) is 0 Å². The van der Waals surface area contributed by atoms with Gasteiger partial charge in [0.15, 0.2) is 16.4 Å². The van der Waals surface area contributed by atoms with Crippen molar-refractivity contribution in [1.82, 2.24) is 10.2 Å². The first kappa shape index (κ1) is 27.5. The van der Waals surface area contributed by atoms with E-state index in [2.05, 4.69) is 5.32 Å². The van der Waals surface area contributed by atoms with Crippen molar-refractivity contribution >= 4 is 39.4 Å². The van der Waals surface area contributed by atoms with Crippen molar-refractivity contribution in [2.45, 2.75) is 75.3 Å². The molecule has 1 aromatic carbocycles. The highest BCUT2D eigenvalue weighted by molar-refractivity contribution is 8.00. The Balaban J connectivity index is 1.51. The van der Waals surface area contributed by atoms with Gasteiger partial charge < -0.3 is 15.0 Å². The second-order valence-corrected chi connectivity index (χ2v) is 12.5. The lowest BCUT2D eigenvalue weighted by Crippen LogP contribution is -2.43. The third kappa shape index (κ3) is 8.52. The lowest BCUT2D eigenvalue weighted by molar-refractivity contribution is -0.136. The number of carbonyl (C=O) groups excluding carboxylic acids is 3. The zero-order chi connectivity index (χ0) is 25.3. The molecule has 1 saturated carbocycles. The number of amides is 2. The third-order valence-corrected chi connectivity index (χ3v) is 9.40. The molecular formula is C25H36N2O6S2. The molecule has 194 valence electrons. The van der Waals surface area contributed by atoms with E-state index in [9.17, 15) is 22.8 Å². The van der Waals surface area contributed by atoms with Crippen molar-refractivity contribution in [3.05, 3.63) is 29.8 Å². The number of rotatable bonds is 9. The highest BCUT2D eigenvalue weighted by Gasteiger charge is 2.34. The summed E-state index contributed by atoms with van der Waals surface area (Å²) in [6, 6.07) is 6.70. The number of nitrogens with one attached hydrogen (secondary N) is 1. The fourth-order valence-corrected chi connectivity index (χ4v) is 7.30. The van der Waals surface area contributed by atoms with Crippen LogP contribution in [-0.4, -0.2) is 73.6 Å². The maximum Gasteiger partial charge on any atom is 0.339 e. The average Bonchev–Trinajstić information content (AvgIpc) is 3.17. The molecule has 1 N–H and O–H groups in total. The minimum absolute atomic E-state index is 0.0518. The predicted molar refractivity (Wildman–Crippen MR) is 136 cm³/mol. The van der Waals surface area contributed by atoms with E-state index in [1.165, 1.54) is 35.9 Å². The van der Waals surface area contributed by atoms with Crippen LogP contribution in [0, 0.1) is 0 Å². The summed E-state index contributed by atoms with van der Waals surface area (Å²) in [5.74, 6) is -0.893. The molecule has 3 rings (SSSR count). The van der Waals surface area contributed by atoms with Crippen LogP contribution in [0.25, 0.3) is 0 Å². The number of carbonyl (C=O) groups is 3. The number of thioether (sulfide) groups is 1. The second-order valence-electron chi connectivity index (χ2n) is 9.21. The number of hydrogen-bond acceptors (Lipinski definition) is 7. The second kappa shape index (κ2) is 13.3. The Bertz CT molecular complexity index is 989. The van der Waals surface area contributed by atoms with Crippen molar-refractivity contribution in [2.75, 3.05) is 30.4 Å². The van der Waals surface area contributed by atoms with Gasteiger partial charge in [0.25, 0.3) is 5.91 Å². The number of likely N-dealkylation sites (N-methyl/N-ethyl adjacent to an activating group) is 1. The van der Waals surface area contributed by atoms with Gasteiger partial charge in [0.1, 0.15) is 0 Å². The molecule has 2 amide bonds. The van der Waals surface area contributed by atoms with Gasteiger partial charge in [-0.1, -0.05) is 44.2 Å². The average molecular weight is 525 g/mol. The standard InChI is InChI=1S/C25H36N2O6S2/c1-2-27(20-14-15-35(31,32)18-20)24(29)16-33-25(30)21-12-8-9-13-22(21)34-17-23(28)26-19-10-6-4-3-5-7-11-19/h8-9,12-13,19-20H,2-7,10-11,14-18H2,1H3,(H,26,28). The summed E-state index contributed by atoms with van der Waals surface area (Å²) in [4.78, 5) is 40.0. The van der Waals surface area contributed by atoms with Gasteiger partial charge in [-0.2, -0.15) is 0 Å². The van der Waals surface area contributed by atoms with Crippen LogP contribution >= 0.6 is 11.8 Å². The Morgan fingerprint density at radius 1 is 1.06 bits per heavy atom. The van der Waals surface area contributed by atoms with Crippen LogP contribution in [0.5, 0.6) is 0 Å². The summed E-state index contributed by atoms with van der Waals surface area (Å²) in [6.07, 6.45) is 8.40. The first-order valence-corrected chi connectivity index (χ1v) is 15.3. The topological polar surface area (TPSA) is 110 Å². The van der Waals surface area contributed by atoms with Crippen molar-refractivity contribution in [3.63, 3.8) is 0 Å². The Morgan fingerprint density at radius 2 is 1.74 bits per heavy atom. The molecule has 0 spiro atoms. The normalized spacial score (nSPS) is 20.4. The van der Waals surface area contributed by atoms with Crippen LogP contribution < -0.4 is 5.32 Å². The van der Waals surface area contributed by atoms with Gasteiger partial charge in [-0.3, -0.25) is 9.59 Å². The molecular weight excluding hydrogens is 488 g/mol. The van der Waals surface area contributed by atoms with Crippen molar-refractivity contribution < 1.29 is 27.5 Å². The number of hydrogen-bond donors (Lipinski definition) is 1. The highest BCUT2D eigenvalue weighted by atomic mass is 32.2. The van der Waals surface area contributed by atoms with E-state index < -0.39 is 28.3 Å². The van der Waals surface area contributed by atoms with Gasteiger partial charge >= 0.3 is 5.97 Å². The third-order valence-electron chi connectivity index (χ3n) is 6.57. The Hall–Kier alpha value is -2.07. The molecule has 2 aliphatic rings. The molecule has 2 fully saturated rings. The van der Waals surface area contributed by atoms with E-state index in [1.807, 2.05) is 0 Å². The number of esters is 1. The maximum absolute atomic E-state index is 12.7. The molecule has 35 heavy (non-hydrogen) atoms. The summed E-state index contributed by atoms with van der Waals surface area (Å²) < 4.78 is 28.8. The fraction of sp³-hybridized carbons (Fsp3) is 0.640. The van der Waals surface area contributed by atoms with Gasteiger partial charge in [-0.15, -0.1) is 11.8 Å². The number of sulfone groups is 1. The molecule has 10 heteroatoms. The summed E-state index contributed by atoms with van der Waals surface area (Å²) in [7, 11) is -3.13. The lowest BCUT2D eigenvalue weighted by Gasteiger charge is -2.26. The maximum atomic E-state index is 12.7. The van der Waals surface area contributed by atoms with Crippen molar-refractivity contribution in [3.8, 4) is 0 Å². The van der Waals surface area contributed by atoms with Crippen LogP contribution in [0.3, 0.4) is 0 Å². The van der Waals surface area contributed by atoms with Gasteiger partial charge in [0, 0.05) is 23.5 Å². The summed E-state index contributed by atoms with van der Waals surface area (Å²) >= 11 is 1.27. The quantitative estimate of drug-likeness (QED) is 0.390. The largest absolute Gasteiger partial charge is 0.452 e. The van der Waals surface area contributed by atoms with E-state index in [1.54, 1.807) is 31.2 Å². The Kier molecular flexibility index (Phi) is 10.5. The van der Waals surface area contributed by atoms with Gasteiger partial charge in [-0.25, -0.2) is 13.2 Å². The molecule has 1 unspecified atom stereocenters. The van der Waals surface area contributed by atoms with Crippen LogP contribution in [-0.2, 0) is 24.2 Å². The molecule has 0 radical (unpaired) electrons. The van der Waals surface area contributed by atoms with E-state index in [0.717, 1.165) is 25.7 Å². The zero-order valence-corrected chi connectivity index (χ0v) is 22.0. The summed E-state index contributed by atoms with van der Waals surface area (Å²) in [5, 5.41) is 3.13. The number of nitrogens with zero attached hydrogens (tertiary/aromatic N) is 1. The van der Waals surface area contributed by atoms with Gasteiger partial charge in [0.2, 0.25) is 5.91 Å². The molecule has 1 heterocycles. The van der Waals surface area contributed by atoms with Crippen molar-refractivity contribution in [1.29, 1.82) is 0 Å². The van der Waals surface area contributed by atoms with Crippen molar-refractivity contribution in [2.24, 2.45) is 0 Å². The SMILES string of the molecule is CCN(C(=O)COC(=O)c1ccccc1SCC(=O)NC1CCCCCCC1)C1CCS(=O)(=O)C1.